The summed E-state index contributed by atoms with van der Waals surface area (Å²) in [5.74, 6) is -0.529. The van der Waals surface area contributed by atoms with Crippen molar-refractivity contribution < 1.29 is 14.4 Å². The molecular formula is C17H18N4O3S2. The van der Waals surface area contributed by atoms with Crippen molar-refractivity contribution in [2.45, 2.75) is 20.4 Å². The molecule has 0 bridgehead atoms. The summed E-state index contributed by atoms with van der Waals surface area (Å²) in [6.45, 7) is 4.22. The average Bonchev–Trinajstić information content (AvgIpc) is 3.25. The molecule has 9 heteroatoms. The SMILES string of the molecule is Cc1cc(C)n(CC(=O)NCCN2C(=O)S/C(=C\c3cccs3)C2=O)n1. The highest BCUT2D eigenvalue weighted by atomic mass is 32.2. The summed E-state index contributed by atoms with van der Waals surface area (Å²) in [6.07, 6.45) is 1.72. The number of aryl methyl sites for hydroxylation is 2. The molecule has 1 N–H and O–H groups in total. The molecular weight excluding hydrogens is 372 g/mol. The molecule has 0 spiro atoms. The van der Waals surface area contributed by atoms with E-state index >= 15 is 0 Å². The van der Waals surface area contributed by atoms with Gasteiger partial charge in [0.2, 0.25) is 5.91 Å². The molecule has 2 aromatic heterocycles. The van der Waals surface area contributed by atoms with Crippen LogP contribution in [0.1, 0.15) is 16.3 Å². The van der Waals surface area contributed by atoms with Crippen molar-refractivity contribution in [2.75, 3.05) is 13.1 Å². The number of nitrogens with zero attached hydrogens (tertiary/aromatic N) is 3. The number of carbonyl (C=O) groups is 3. The molecule has 3 amide bonds. The van der Waals surface area contributed by atoms with Crippen LogP contribution < -0.4 is 5.32 Å². The number of aromatic nitrogens is 2. The first-order chi connectivity index (χ1) is 12.4. The second kappa shape index (κ2) is 7.88. The molecule has 0 unspecified atom stereocenters. The van der Waals surface area contributed by atoms with E-state index in [9.17, 15) is 14.4 Å². The fraction of sp³-hybridized carbons (Fsp3) is 0.294. The smallest absolute Gasteiger partial charge is 0.293 e. The predicted molar refractivity (Wildman–Crippen MR) is 102 cm³/mol. The van der Waals surface area contributed by atoms with Crippen LogP contribution in [0.3, 0.4) is 0 Å². The number of nitrogens with one attached hydrogen (secondary N) is 1. The van der Waals surface area contributed by atoms with Crippen molar-refractivity contribution in [3.05, 3.63) is 44.7 Å². The van der Waals surface area contributed by atoms with Crippen molar-refractivity contribution >= 4 is 46.2 Å². The molecule has 0 aliphatic carbocycles. The van der Waals surface area contributed by atoms with E-state index in [2.05, 4.69) is 10.4 Å². The van der Waals surface area contributed by atoms with E-state index in [0.717, 1.165) is 32.9 Å². The Hall–Kier alpha value is -2.39. The lowest BCUT2D eigenvalue weighted by Gasteiger charge is -2.13. The average molecular weight is 390 g/mol. The van der Waals surface area contributed by atoms with Gasteiger partial charge in [-0.1, -0.05) is 6.07 Å². The summed E-state index contributed by atoms with van der Waals surface area (Å²) in [6, 6.07) is 5.67. The third-order valence-corrected chi connectivity index (χ3v) is 5.47. The van der Waals surface area contributed by atoms with Crippen molar-refractivity contribution in [3.63, 3.8) is 0 Å². The van der Waals surface area contributed by atoms with Gasteiger partial charge in [0, 0.05) is 23.7 Å². The van der Waals surface area contributed by atoms with Gasteiger partial charge < -0.3 is 5.32 Å². The molecule has 0 radical (unpaired) electrons. The number of carbonyl (C=O) groups excluding carboxylic acids is 3. The lowest BCUT2D eigenvalue weighted by atomic mass is 10.3. The zero-order valence-electron chi connectivity index (χ0n) is 14.4. The van der Waals surface area contributed by atoms with Crippen LogP contribution in [0.2, 0.25) is 0 Å². The van der Waals surface area contributed by atoms with Gasteiger partial charge in [0.15, 0.2) is 0 Å². The minimum Gasteiger partial charge on any atom is -0.353 e. The van der Waals surface area contributed by atoms with Crippen molar-refractivity contribution in [2.24, 2.45) is 0 Å². The van der Waals surface area contributed by atoms with E-state index in [1.54, 1.807) is 10.8 Å². The molecule has 136 valence electrons. The lowest BCUT2D eigenvalue weighted by molar-refractivity contribution is -0.124. The summed E-state index contributed by atoms with van der Waals surface area (Å²) in [5, 5.41) is 8.55. The zero-order chi connectivity index (χ0) is 18.7. The number of hydrogen-bond donors (Lipinski definition) is 1. The van der Waals surface area contributed by atoms with E-state index in [1.165, 1.54) is 11.3 Å². The quantitative estimate of drug-likeness (QED) is 0.766. The fourth-order valence-electron chi connectivity index (χ4n) is 2.53. The first kappa shape index (κ1) is 18.4. The largest absolute Gasteiger partial charge is 0.353 e. The van der Waals surface area contributed by atoms with Crippen LogP contribution in [0.4, 0.5) is 4.79 Å². The standard InChI is InChI=1S/C17H18N4O3S2/c1-11-8-12(2)21(19-11)10-15(22)18-5-6-20-16(23)14(26-17(20)24)9-13-4-3-7-25-13/h3-4,7-9H,5-6,10H2,1-2H3,(H,18,22)/b14-9-. The number of imide groups is 1. The number of amides is 3. The Morgan fingerprint density at radius 3 is 2.81 bits per heavy atom. The van der Waals surface area contributed by atoms with Crippen LogP contribution in [-0.2, 0) is 16.1 Å². The molecule has 0 atom stereocenters. The molecule has 2 aromatic rings. The van der Waals surface area contributed by atoms with Crippen molar-refractivity contribution in [3.8, 4) is 0 Å². The van der Waals surface area contributed by atoms with Crippen LogP contribution in [0.15, 0.2) is 28.5 Å². The third kappa shape index (κ3) is 4.23. The highest BCUT2D eigenvalue weighted by Crippen LogP contribution is 2.32. The molecule has 3 heterocycles. The summed E-state index contributed by atoms with van der Waals surface area (Å²) < 4.78 is 1.62. The first-order valence-electron chi connectivity index (χ1n) is 8.00. The third-order valence-electron chi connectivity index (χ3n) is 3.74. The van der Waals surface area contributed by atoms with Crippen LogP contribution in [-0.4, -0.2) is 44.8 Å². The molecule has 0 saturated carbocycles. The van der Waals surface area contributed by atoms with Crippen molar-refractivity contribution in [1.82, 2.24) is 20.0 Å². The number of rotatable bonds is 6. The maximum atomic E-state index is 12.4. The Balaban J connectivity index is 1.51. The van der Waals surface area contributed by atoms with E-state index in [4.69, 9.17) is 0 Å². The van der Waals surface area contributed by atoms with Crippen LogP contribution in [0.5, 0.6) is 0 Å². The second-order valence-electron chi connectivity index (χ2n) is 5.78. The van der Waals surface area contributed by atoms with Crippen molar-refractivity contribution in [1.29, 1.82) is 0 Å². The van der Waals surface area contributed by atoms with Gasteiger partial charge in [0.25, 0.3) is 11.1 Å². The minimum absolute atomic E-state index is 0.111. The van der Waals surface area contributed by atoms with E-state index in [1.807, 2.05) is 37.4 Å². The van der Waals surface area contributed by atoms with E-state index < -0.39 is 0 Å². The van der Waals surface area contributed by atoms with E-state index in [0.29, 0.717) is 4.91 Å². The van der Waals surface area contributed by atoms with Gasteiger partial charge in [0.05, 0.1) is 10.6 Å². The molecule has 1 saturated heterocycles. The monoisotopic (exact) mass is 390 g/mol. The highest BCUT2D eigenvalue weighted by molar-refractivity contribution is 8.18. The van der Waals surface area contributed by atoms with Gasteiger partial charge in [-0.25, -0.2) is 0 Å². The second-order valence-corrected chi connectivity index (χ2v) is 7.76. The Bertz CT molecular complexity index is 871. The molecule has 26 heavy (non-hydrogen) atoms. The fourth-order valence-corrected chi connectivity index (χ4v) is 4.12. The maximum absolute atomic E-state index is 12.4. The number of thioether (sulfide) groups is 1. The van der Waals surface area contributed by atoms with Gasteiger partial charge in [-0.3, -0.25) is 24.0 Å². The van der Waals surface area contributed by atoms with Gasteiger partial charge in [-0.15, -0.1) is 11.3 Å². The summed E-state index contributed by atoms with van der Waals surface area (Å²) in [7, 11) is 0. The summed E-state index contributed by atoms with van der Waals surface area (Å²) in [5.41, 5.74) is 1.76. The molecule has 7 nitrogen and oxygen atoms in total. The van der Waals surface area contributed by atoms with Crippen LogP contribution in [0.25, 0.3) is 6.08 Å². The minimum atomic E-state index is -0.318. The Labute approximate surface area is 159 Å². The van der Waals surface area contributed by atoms with Gasteiger partial charge in [-0.2, -0.15) is 5.10 Å². The summed E-state index contributed by atoms with van der Waals surface area (Å²) >= 11 is 2.43. The van der Waals surface area contributed by atoms with Crippen LogP contribution in [0, 0.1) is 13.8 Å². The molecule has 1 aliphatic heterocycles. The maximum Gasteiger partial charge on any atom is 0.293 e. The number of hydrogen-bond acceptors (Lipinski definition) is 6. The van der Waals surface area contributed by atoms with Gasteiger partial charge in [0.1, 0.15) is 6.54 Å². The summed E-state index contributed by atoms with van der Waals surface area (Å²) in [4.78, 5) is 38.9. The molecule has 0 aromatic carbocycles. The lowest BCUT2D eigenvalue weighted by Crippen LogP contribution is -2.38. The Kier molecular flexibility index (Phi) is 5.58. The number of thiophene rings is 1. The topological polar surface area (TPSA) is 84.3 Å². The normalized spacial score (nSPS) is 15.9. The van der Waals surface area contributed by atoms with Gasteiger partial charge >= 0.3 is 0 Å². The zero-order valence-corrected chi connectivity index (χ0v) is 16.0. The van der Waals surface area contributed by atoms with Crippen LogP contribution >= 0.6 is 23.1 Å². The van der Waals surface area contributed by atoms with E-state index in [-0.39, 0.29) is 36.7 Å². The molecule has 1 fully saturated rings. The first-order valence-corrected chi connectivity index (χ1v) is 9.70. The highest BCUT2D eigenvalue weighted by Gasteiger charge is 2.34. The Morgan fingerprint density at radius 1 is 1.35 bits per heavy atom. The van der Waals surface area contributed by atoms with Gasteiger partial charge in [-0.05, 0) is 49.2 Å². The molecule has 1 aliphatic rings. The Morgan fingerprint density at radius 2 is 2.15 bits per heavy atom. The molecule has 3 rings (SSSR count). The predicted octanol–water partition coefficient (Wildman–Crippen LogP) is 2.41.